The van der Waals surface area contributed by atoms with Gasteiger partial charge in [-0.2, -0.15) is 13.2 Å². The topological polar surface area (TPSA) is 62.5 Å². The highest BCUT2D eigenvalue weighted by atomic mass is 32.2. The third-order valence-electron chi connectivity index (χ3n) is 4.43. The molecule has 0 bridgehead atoms. The van der Waals surface area contributed by atoms with Gasteiger partial charge in [0.1, 0.15) is 0 Å². The summed E-state index contributed by atoms with van der Waals surface area (Å²) in [5, 5.41) is 9.72. The SMILES string of the molecule is CN(CCO)Cc1cccc2c1ccn2S(=O)(=O)c1cccc(C(F)(F)F)c1. The van der Waals surface area contributed by atoms with Crippen LogP contribution in [0.2, 0.25) is 0 Å². The Hall–Kier alpha value is -2.36. The van der Waals surface area contributed by atoms with Gasteiger partial charge in [-0.3, -0.25) is 4.90 Å². The van der Waals surface area contributed by atoms with E-state index >= 15 is 0 Å². The molecule has 0 radical (unpaired) electrons. The molecule has 0 aliphatic rings. The zero-order valence-electron chi connectivity index (χ0n) is 15.0. The Kier molecular flexibility index (Phi) is 5.51. The number of aliphatic hydroxyl groups is 1. The number of halogens is 3. The Morgan fingerprint density at radius 3 is 2.50 bits per heavy atom. The Bertz CT molecular complexity index is 1090. The number of hydrogen-bond donors (Lipinski definition) is 1. The maximum absolute atomic E-state index is 13.0. The minimum Gasteiger partial charge on any atom is -0.395 e. The van der Waals surface area contributed by atoms with Gasteiger partial charge >= 0.3 is 6.18 Å². The fraction of sp³-hybridized carbons (Fsp3) is 0.263. The molecule has 0 spiro atoms. The summed E-state index contributed by atoms with van der Waals surface area (Å²) in [5.41, 5.74) is 0.218. The number of likely N-dealkylation sites (N-methyl/N-ethyl adjacent to an activating group) is 1. The van der Waals surface area contributed by atoms with Crippen LogP contribution in [0.3, 0.4) is 0 Å². The Labute approximate surface area is 160 Å². The quantitative estimate of drug-likeness (QED) is 0.675. The predicted octanol–water partition coefficient (Wildman–Crippen LogP) is 3.32. The second-order valence-electron chi connectivity index (χ2n) is 6.45. The average molecular weight is 412 g/mol. The number of rotatable bonds is 6. The molecule has 1 N–H and O–H groups in total. The number of hydrogen-bond acceptors (Lipinski definition) is 4. The number of alkyl halides is 3. The zero-order valence-corrected chi connectivity index (χ0v) is 15.8. The lowest BCUT2D eigenvalue weighted by atomic mass is 10.1. The summed E-state index contributed by atoms with van der Waals surface area (Å²) in [6.45, 7) is 0.947. The van der Waals surface area contributed by atoms with Gasteiger partial charge in [0.15, 0.2) is 0 Å². The van der Waals surface area contributed by atoms with Gasteiger partial charge in [-0.1, -0.05) is 18.2 Å². The van der Waals surface area contributed by atoms with E-state index in [1.807, 2.05) is 18.0 Å². The minimum absolute atomic E-state index is 0.00257. The Morgan fingerprint density at radius 1 is 1.11 bits per heavy atom. The number of fused-ring (bicyclic) bond motifs is 1. The molecule has 0 saturated carbocycles. The highest BCUT2D eigenvalue weighted by Gasteiger charge is 2.32. The van der Waals surface area contributed by atoms with E-state index in [0.29, 0.717) is 30.1 Å². The molecule has 3 aromatic rings. The van der Waals surface area contributed by atoms with Gasteiger partial charge < -0.3 is 5.11 Å². The van der Waals surface area contributed by atoms with E-state index in [2.05, 4.69) is 0 Å². The molecule has 5 nitrogen and oxygen atoms in total. The molecule has 28 heavy (non-hydrogen) atoms. The van der Waals surface area contributed by atoms with Crippen LogP contribution < -0.4 is 0 Å². The van der Waals surface area contributed by atoms with Crippen LogP contribution in [0, 0.1) is 0 Å². The van der Waals surface area contributed by atoms with Gasteiger partial charge in [0.25, 0.3) is 10.0 Å². The van der Waals surface area contributed by atoms with Crippen LogP contribution in [0.5, 0.6) is 0 Å². The summed E-state index contributed by atoms with van der Waals surface area (Å²) >= 11 is 0. The molecule has 3 rings (SSSR count). The third-order valence-corrected chi connectivity index (χ3v) is 6.11. The maximum Gasteiger partial charge on any atom is 0.416 e. The Balaban J connectivity index is 2.07. The maximum atomic E-state index is 13.0. The van der Waals surface area contributed by atoms with Crippen LogP contribution in [-0.2, 0) is 22.7 Å². The first-order valence-electron chi connectivity index (χ1n) is 8.46. The second kappa shape index (κ2) is 7.57. The van der Waals surface area contributed by atoms with Gasteiger partial charge in [0.2, 0.25) is 0 Å². The van der Waals surface area contributed by atoms with Crippen molar-refractivity contribution in [1.82, 2.24) is 8.87 Å². The van der Waals surface area contributed by atoms with Crippen LogP contribution >= 0.6 is 0 Å². The molecular formula is C19H19F3N2O3S. The summed E-state index contributed by atoms with van der Waals surface area (Å²) in [5.74, 6) is 0. The molecular weight excluding hydrogens is 393 g/mol. The summed E-state index contributed by atoms with van der Waals surface area (Å²) < 4.78 is 65.8. The first-order valence-corrected chi connectivity index (χ1v) is 9.90. The number of benzene rings is 2. The van der Waals surface area contributed by atoms with Crippen LogP contribution in [0.15, 0.2) is 59.6 Å². The van der Waals surface area contributed by atoms with Crippen molar-refractivity contribution in [2.45, 2.75) is 17.6 Å². The first-order chi connectivity index (χ1) is 13.1. The molecule has 0 unspecified atom stereocenters. The van der Waals surface area contributed by atoms with Crippen molar-refractivity contribution in [3.05, 3.63) is 65.9 Å². The lowest BCUT2D eigenvalue weighted by Gasteiger charge is -2.16. The predicted molar refractivity (Wildman–Crippen MR) is 99.4 cm³/mol. The minimum atomic E-state index is -4.63. The van der Waals surface area contributed by atoms with Crippen molar-refractivity contribution in [3.63, 3.8) is 0 Å². The Morgan fingerprint density at radius 2 is 1.82 bits per heavy atom. The van der Waals surface area contributed by atoms with Gasteiger partial charge in [0.05, 0.1) is 22.6 Å². The van der Waals surface area contributed by atoms with Crippen LogP contribution in [-0.4, -0.2) is 42.6 Å². The molecule has 0 aliphatic heterocycles. The van der Waals surface area contributed by atoms with Gasteiger partial charge in [-0.25, -0.2) is 12.4 Å². The van der Waals surface area contributed by atoms with E-state index in [1.165, 1.54) is 6.20 Å². The molecule has 1 aromatic heterocycles. The molecule has 150 valence electrons. The van der Waals surface area contributed by atoms with Gasteiger partial charge in [0, 0.05) is 24.7 Å². The van der Waals surface area contributed by atoms with E-state index in [0.717, 1.165) is 27.7 Å². The fourth-order valence-electron chi connectivity index (χ4n) is 3.04. The van der Waals surface area contributed by atoms with E-state index in [-0.39, 0.29) is 6.61 Å². The van der Waals surface area contributed by atoms with E-state index < -0.39 is 26.7 Å². The number of aliphatic hydroxyl groups excluding tert-OH is 1. The normalized spacial score (nSPS) is 12.8. The van der Waals surface area contributed by atoms with E-state index in [1.54, 1.807) is 18.2 Å². The summed E-state index contributed by atoms with van der Waals surface area (Å²) in [6, 6.07) is 10.5. The van der Waals surface area contributed by atoms with E-state index in [9.17, 15) is 21.6 Å². The molecule has 1 heterocycles. The van der Waals surface area contributed by atoms with Crippen molar-refractivity contribution < 1.29 is 26.7 Å². The monoisotopic (exact) mass is 412 g/mol. The second-order valence-corrected chi connectivity index (χ2v) is 8.27. The summed E-state index contributed by atoms with van der Waals surface area (Å²) in [6.07, 6.45) is -3.29. The highest BCUT2D eigenvalue weighted by molar-refractivity contribution is 7.90. The molecule has 0 saturated heterocycles. The molecule has 2 aromatic carbocycles. The largest absolute Gasteiger partial charge is 0.416 e. The highest BCUT2D eigenvalue weighted by Crippen LogP contribution is 2.32. The molecule has 0 fully saturated rings. The smallest absolute Gasteiger partial charge is 0.395 e. The van der Waals surface area contributed by atoms with Crippen molar-refractivity contribution in [1.29, 1.82) is 0 Å². The van der Waals surface area contributed by atoms with Crippen LogP contribution in [0.1, 0.15) is 11.1 Å². The number of aromatic nitrogens is 1. The molecule has 0 amide bonds. The van der Waals surface area contributed by atoms with Gasteiger partial charge in [-0.05, 0) is 42.9 Å². The van der Waals surface area contributed by atoms with Crippen molar-refractivity contribution in [3.8, 4) is 0 Å². The van der Waals surface area contributed by atoms with Crippen molar-refractivity contribution in [2.75, 3.05) is 20.2 Å². The zero-order chi connectivity index (χ0) is 20.5. The number of nitrogens with zero attached hydrogens (tertiary/aromatic N) is 2. The summed E-state index contributed by atoms with van der Waals surface area (Å²) in [7, 11) is -2.37. The van der Waals surface area contributed by atoms with Gasteiger partial charge in [-0.15, -0.1) is 0 Å². The van der Waals surface area contributed by atoms with Crippen molar-refractivity contribution in [2.24, 2.45) is 0 Å². The molecule has 9 heteroatoms. The van der Waals surface area contributed by atoms with Crippen molar-refractivity contribution >= 4 is 20.9 Å². The lowest BCUT2D eigenvalue weighted by molar-refractivity contribution is -0.137. The lowest BCUT2D eigenvalue weighted by Crippen LogP contribution is -2.21. The molecule has 0 atom stereocenters. The molecule has 0 aliphatic carbocycles. The first kappa shape index (κ1) is 20.4. The van der Waals surface area contributed by atoms with Crippen LogP contribution in [0.4, 0.5) is 13.2 Å². The third kappa shape index (κ3) is 3.91. The van der Waals surface area contributed by atoms with Crippen LogP contribution in [0.25, 0.3) is 10.9 Å². The fourth-order valence-corrected chi connectivity index (χ4v) is 4.43. The summed E-state index contributed by atoms with van der Waals surface area (Å²) in [4.78, 5) is 1.45. The standard InChI is InChI=1S/C19H19F3N2O3S/c1-23(10-11-25)13-14-4-2-7-18-17(14)8-9-24(18)28(26,27)16-6-3-5-15(12-16)19(20,21)22/h2-9,12,25H,10-11,13H2,1H3. The average Bonchev–Trinajstić information content (AvgIpc) is 3.07. The van der Waals surface area contributed by atoms with E-state index in [4.69, 9.17) is 5.11 Å².